The Labute approximate surface area is 159 Å². The number of fused-ring (bicyclic) bond motifs is 1. The second-order valence-corrected chi connectivity index (χ2v) is 6.73. The highest BCUT2D eigenvalue weighted by atomic mass is 16.1. The van der Waals surface area contributed by atoms with Crippen LogP contribution in [0.15, 0.2) is 85.1 Å². The van der Waals surface area contributed by atoms with Gasteiger partial charge >= 0.3 is 0 Å². The fourth-order valence-corrected chi connectivity index (χ4v) is 3.41. The average Bonchev–Trinajstić information content (AvgIpc) is 3.12. The normalized spacial score (nSPS) is 10.8. The SMILES string of the molecule is O=C(CCc1c[nH]c2ccccc12)Nc1ccccc1Cc1ccccc1. The number of hydrogen-bond acceptors (Lipinski definition) is 1. The van der Waals surface area contributed by atoms with Gasteiger partial charge in [-0.2, -0.15) is 0 Å². The molecule has 3 nitrogen and oxygen atoms in total. The number of H-pyrrole nitrogens is 1. The van der Waals surface area contributed by atoms with Gasteiger partial charge in [-0.25, -0.2) is 0 Å². The van der Waals surface area contributed by atoms with Crippen molar-refractivity contribution < 1.29 is 4.79 Å². The van der Waals surface area contributed by atoms with Crippen LogP contribution in [-0.4, -0.2) is 10.9 Å². The van der Waals surface area contributed by atoms with Crippen LogP contribution in [0.2, 0.25) is 0 Å². The smallest absolute Gasteiger partial charge is 0.224 e. The minimum Gasteiger partial charge on any atom is -0.361 e. The molecule has 0 aliphatic rings. The first-order valence-electron chi connectivity index (χ1n) is 9.26. The van der Waals surface area contributed by atoms with Gasteiger partial charge in [-0.05, 0) is 41.7 Å². The summed E-state index contributed by atoms with van der Waals surface area (Å²) in [6, 6.07) is 26.5. The molecule has 0 atom stereocenters. The van der Waals surface area contributed by atoms with Crippen molar-refractivity contribution in [2.24, 2.45) is 0 Å². The first-order chi connectivity index (χ1) is 13.3. The van der Waals surface area contributed by atoms with Gasteiger partial charge in [-0.3, -0.25) is 4.79 Å². The Morgan fingerprint density at radius 3 is 2.44 bits per heavy atom. The molecule has 0 bridgehead atoms. The summed E-state index contributed by atoms with van der Waals surface area (Å²) < 4.78 is 0. The third-order valence-electron chi connectivity index (χ3n) is 4.83. The van der Waals surface area contributed by atoms with Crippen LogP contribution in [0.5, 0.6) is 0 Å². The predicted octanol–water partition coefficient (Wildman–Crippen LogP) is 5.33. The van der Waals surface area contributed by atoms with Gasteiger partial charge in [-0.1, -0.05) is 66.7 Å². The molecule has 134 valence electrons. The Morgan fingerprint density at radius 1 is 0.815 bits per heavy atom. The number of carbonyl (C=O) groups is 1. The highest BCUT2D eigenvalue weighted by Gasteiger charge is 2.09. The van der Waals surface area contributed by atoms with Crippen LogP contribution >= 0.6 is 0 Å². The maximum Gasteiger partial charge on any atom is 0.224 e. The number of nitrogens with one attached hydrogen (secondary N) is 2. The molecule has 0 saturated heterocycles. The largest absolute Gasteiger partial charge is 0.361 e. The first kappa shape index (κ1) is 17.1. The Balaban J connectivity index is 1.42. The van der Waals surface area contributed by atoms with E-state index in [2.05, 4.69) is 40.6 Å². The van der Waals surface area contributed by atoms with E-state index in [-0.39, 0.29) is 5.91 Å². The lowest BCUT2D eigenvalue weighted by molar-refractivity contribution is -0.116. The third kappa shape index (κ3) is 4.09. The van der Waals surface area contributed by atoms with Crippen molar-refractivity contribution >= 4 is 22.5 Å². The van der Waals surface area contributed by atoms with E-state index in [0.717, 1.165) is 29.6 Å². The molecule has 0 aliphatic heterocycles. The fourth-order valence-electron chi connectivity index (χ4n) is 3.41. The summed E-state index contributed by atoms with van der Waals surface area (Å²) in [6.45, 7) is 0. The van der Waals surface area contributed by atoms with Gasteiger partial charge in [0.05, 0.1) is 0 Å². The highest BCUT2D eigenvalue weighted by molar-refractivity contribution is 5.92. The molecule has 1 amide bonds. The van der Waals surface area contributed by atoms with Gasteiger partial charge in [0.2, 0.25) is 5.91 Å². The number of aromatic amines is 1. The number of para-hydroxylation sites is 2. The molecule has 3 aromatic carbocycles. The monoisotopic (exact) mass is 354 g/mol. The molecule has 0 fully saturated rings. The van der Waals surface area contributed by atoms with Crippen LogP contribution in [0.25, 0.3) is 10.9 Å². The van der Waals surface area contributed by atoms with E-state index < -0.39 is 0 Å². The molecule has 4 rings (SSSR count). The van der Waals surface area contributed by atoms with Crippen LogP contribution in [0.4, 0.5) is 5.69 Å². The minimum atomic E-state index is 0.0424. The van der Waals surface area contributed by atoms with Crippen LogP contribution < -0.4 is 5.32 Å². The van der Waals surface area contributed by atoms with E-state index >= 15 is 0 Å². The van der Waals surface area contributed by atoms with Crippen molar-refractivity contribution in [2.45, 2.75) is 19.3 Å². The average molecular weight is 354 g/mol. The number of amides is 1. The summed E-state index contributed by atoms with van der Waals surface area (Å²) >= 11 is 0. The fraction of sp³-hybridized carbons (Fsp3) is 0.125. The van der Waals surface area contributed by atoms with Gasteiger partial charge in [0.1, 0.15) is 0 Å². The summed E-state index contributed by atoms with van der Waals surface area (Å²) in [5, 5.41) is 4.28. The summed E-state index contributed by atoms with van der Waals surface area (Å²) in [7, 11) is 0. The lowest BCUT2D eigenvalue weighted by Gasteiger charge is -2.11. The van der Waals surface area contributed by atoms with E-state index in [1.165, 1.54) is 16.5 Å². The van der Waals surface area contributed by atoms with Gasteiger partial charge in [0.15, 0.2) is 0 Å². The number of anilines is 1. The molecule has 3 heteroatoms. The minimum absolute atomic E-state index is 0.0424. The molecule has 0 unspecified atom stereocenters. The second kappa shape index (κ2) is 7.92. The van der Waals surface area contributed by atoms with Crippen LogP contribution in [0, 0.1) is 0 Å². The highest BCUT2D eigenvalue weighted by Crippen LogP contribution is 2.21. The topological polar surface area (TPSA) is 44.9 Å². The predicted molar refractivity (Wildman–Crippen MR) is 111 cm³/mol. The van der Waals surface area contributed by atoms with E-state index in [4.69, 9.17) is 0 Å². The Kier molecular flexibility index (Phi) is 5.01. The zero-order chi connectivity index (χ0) is 18.5. The van der Waals surface area contributed by atoms with Gasteiger partial charge in [0, 0.05) is 29.2 Å². The Hall–Kier alpha value is -3.33. The number of rotatable bonds is 6. The first-order valence-corrected chi connectivity index (χ1v) is 9.26. The maximum absolute atomic E-state index is 12.5. The number of aryl methyl sites for hydroxylation is 1. The number of aromatic nitrogens is 1. The Bertz CT molecular complexity index is 1050. The second-order valence-electron chi connectivity index (χ2n) is 6.73. The van der Waals surface area contributed by atoms with Crippen molar-refractivity contribution in [3.8, 4) is 0 Å². The molecule has 0 spiro atoms. The maximum atomic E-state index is 12.5. The standard InChI is InChI=1S/C24H22N2O/c27-24(15-14-20-17-25-23-13-7-5-11-21(20)23)26-22-12-6-4-10-19(22)16-18-8-2-1-3-9-18/h1-13,17,25H,14-16H2,(H,26,27). The van der Waals surface area contributed by atoms with Crippen molar-refractivity contribution in [3.05, 3.63) is 102 Å². The number of benzene rings is 3. The molecular formula is C24H22N2O. The Morgan fingerprint density at radius 2 is 1.56 bits per heavy atom. The van der Waals surface area contributed by atoms with Crippen molar-refractivity contribution in [1.29, 1.82) is 0 Å². The molecule has 4 aromatic rings. The lowest BCUT2D eigenvalue weighted by atomic mass is 10.0. The van der Waals surface area contributed by atoms with Gasteiger partial charge < -0.3 is 10.3 Å². The van der Waals surface area contributed by atoms with Crippen molar-refractivity contribution in [2.75, 3.05) is 5.32 Å². The van der Waals surface area contributed by atoms with Gasteiger partial charge in [0.25, 0.3) is 0 Å². The molecule has 27 heavy (non-hydrogen) atoms. The molecular weight excluding hydrogens is 332 g/mol. The van der Waals surface area contributed by atoms with Crippen molar-refractivity contribution in [1.82, 2.24) is 4.98 Å². The summed E-state index contributed by atoms with van der Waals surface area (Å²) in [5.74, 6) is 0.0424. The zero-order valence-electron chi connectivity index (χ0n) is 15.1. The summed E-state index contributed by atoms with van der Waals surface area (Å²) in [6.07, 6.45) is 3.99. The number of carbonyl (C=O) groups excluding carboxylic acids is 1. The molecule has 2 N–H and O–H groups in total. The van der Waals surface area contributed by atoms with E-state index in [9.17, 15) is 4.79 Å². The molecule has 0 saturated carbocycles. The molecule has 0 radical (unpaired) electrons. The summed E-state index contributed by atoms with van der Waals surface area (Å²) in [4.78, 5) is 15.8. The van der Waals surface area contributed by atoms with E-state index in [0.29, 0.717) is 6.42 Å². The van der Waals surface area contributed by atoms with Crippen molar-refractivity contribution in [3.63, 3.8) is 0 Å². The molecule has 0 aliphatic carbocycles. The number of hydrogen-bond donors (Lipinski definition) is 2. The van der Waals surface area contributed by atoms with Crippen LogP contribution in [-0.2, 0) is 17.6 Å². The van der Waals surface area contributed by atoms with Gasteiger partial charge in [-0.15, -0.1) is 0 Å². The molecule has 1 heterocycles. The zero-order valence-corrected chi connectivity index (χ0v) is 15.1. The third-order valence-corrected chi connectivity index (χ3v) is 4.83. The van der Waals surface area contributed by atoms with Crippen LogP contribution in [0.1, 0.15) is 23.1 Å². The lowest BCUT2D eigenvalue weighted by Crippen LogP contribution is -2.13. The van der Waals surface area contributed by atoms with E-state index in [1.807, 2.05) is 54.7 Å². The van der Waals surface area contributed by atoms with Crippen LogP contribution in [0.3, 0.4) is 0 Å². The summed E-state index contributed by atoms with van der Waals surface area (Å²) in [5.41, 5.74) is 5.55. The van der Waals surface area contributed by atoms with E-state index in [1.54, 1.807) is 0 Å². The quantitative estimate of drug-likeness (QED) is 0.483. The molecule has 1 aromatic heterocycles.